The number of nitrogens with zero attached hydrogens (tertiary/aromatic N) is 1. The van der Waals surface area contributed by atoms with Gasteiger partial charge in [-0.05, 0) is 61.7 Å². The van der Waals surface area contributed by atoms with Crippen LogP contribution in [-0.4, -0.2) is 29.1 Å². The fraction of sp³-hybridized carbons (Fsp3) is 0.294. The van der Waals surface area contributed by atoms with E-state index in [1.54, 1.807) is 36.4 Å². The van der Waals surface area contributed by atoms with Crippen LogP contribution in [0.15, 0.2) is 53.4 Å². The lowest BCUT2D eigenvalue weighted by Crippen LogP contribution is -2.31. The van der Waals surface area contributed by atoms with Crippen LogP contribution >= 0.6 is 0 Å². The molecule has 1 saturated carbocycles. The summed E-state index contributed by atoms with van der Waals surface area (Å²) >= 11 is 0. The minimum atomic E-state index is -3.68. The van der Waals surface area contributed by atoms with E-state index < -0.39 is 20.0 Å². The standard InChI is InChI=1S/C17H20N2O4S2/c1-13-4-3-5-17(12-13)25(22,23)18-14-6-8-15(9-7-14)19(16-10-11-16)24(2,20)21/h3-9,12,16,18H,10-11H2,1-2H3. The summed E-state index contributed by atoms with van der Waals surface area (Å²) in [4.78, 5) is 0.187. The highest BCUT2D eigenvalue weighted by Gasteiger charge is 2.35. The molecule has 0 bridgehead atoms. The molecule has 1 aliphatic carbocycles. The van der Waals surface area contributed by atoms with Crippen LogP contribution in [0.1, 0.15) is 18.4 Å². The van der Waals surface area contributed by atoms with Gasteiger partial charge in [-0.1, -0.05) is 12.1 Å². The average molecular weight is 380 g/mol. The zero-order valence-corrected chi connectivity index (χ0v) is 15.6. The van der Waals surface area contributed by atoms with Crippen LogP contribution in [0, 0.1) is 6.92 Å². The molecule has 1 aliphatic rings. The van der Waals surface area contributed by atoms with Gasteiger partial charge in [0.25, 0.3) is 10.0 Å². The maximum Gasteiger partial charge on any atom is 0.261 e. The predicted molar refractivity (Wildman–Crippen MR) is 98.8 cm³/mol. The number of sulfonamides is 2. The number of nitrogens with one attached hydrogen (secondary N) is 1. The van der Waals surface area contributed by atoms with Crippen molar-refractivity contribution in [3.8, 4) is 0 Å². The number of benzene rings is 2. The first kappa shape index (κ1) is 17.8. The first-order valence-corrected chi connectivity index (χ1v) is 11.2. The van der Waals surface area contributed by atoms with Crippen molar-refractivity contribution in [1.82, 2.24) is 0 Å². The summed E-state index contributed by atoms with van der Waals surface area (Å²) in [6.45, 7) is 1.82. The van der Waals surface area contributed by atoms with E-state index in [1.807, 2.05) is 13.0 Å². The molecule has 0 radical (unpaired) electrons. The highest BCUT2D eigenvalue weighted by molar-refractivity contribution is 7.92. The number of aryl methyl sites for hydroxylation is 1. The van der Waals surface area contributed by atoms with E-state index in [4.69, 9.17) is 0 Å². The first-order chi connectivity index (χ1) is 11.7. The first-order valence-electron chi connectivity index (χ1n) is 7.86. The molecule has 3 rings (SSSR count). The van der Waals surface area contributed by atoms with Gasteiger partial charge in [0.15, 0.2) is 0 Å². The van der Waals surface area contributed by atoms with Gasteiger partial charge in [0.05, 0.1) is 16.8 Å². The predicted octanol–water partition coefficient (Wildman–Crippen LogP) is 2.72. The topological polar surface area (TPSA) is 83.6 Å². The molecule has 1 fully saturated rings. The van der Waals surface area contributed by atoms with Crippen molar-refractivity contribution in [2.45, 2.75) is 30.7 Å². The zero-order valence-electron chi connectivity index (χ0n) is 14.0. The van der Waals surface area contributed by atoms with Crippen LogP contribution in [0.4, 0.5) is 11.4 Å². The van der Waals surface area contributed by atoms with Crippen molar-refractivity contribution in [3.05, 3.63) is 54.1 Å². The Morgan fingerprint density at radius 3 is 2.16 bits per heavy atom. The van der Waals surface area contributed by atoms with Crippen molar-refractivity contribution in [2.75, 3.05) is 15.3 Å². The summed E-state index contributed by atoms with van der Waals surface area (Å²) in [7, 11) is -7.04. The lowest BCUT2D eigenvalue weighted by Gasteiger charge is -2.22. The zero-order chi connectivity index (χ0) is 18.2. The third kappa shape index (κ3) is 4.13. The van der Waals surface area contributed by atoms with Gasteiger partial charge in [0, 0.05) is 11.7 Å². The summed E-state index contributed by atoms with van der Waals surface area (Å²) < 4.78 is 52.7. The SMILES string of the molecule is Cc1cccc(S(=O)(=O)Nc2ccc(N(C3CC3)S(C)(=O)=O)cc2)c1. The second-order valence-electron chi connectivity index (χ2n) is 6.26. The van der Waals surface area contributed by atoms with Crippen LogP contribution in [-0.2, 0) is 20.0 Å². The van der Waals surface area contributed by atoms with Gasteiger partial charge in [-0.15, -0.1) is 0 Å². The minimum Gasteiger partial charge on any atom is -0.280 e. The third-order valence-electron chi connectivity index (χ3n) is 3.91. The number of hydrogen-bond donors (Lipinski definition) is 1. The summed E-state index contributed by atoms with van der Waals surface area (Å²) in [5.74, 6) is 0. The van der Waals surface area contributed by atoms with Gasteiger partial charge in [-0.3, -0.25) is 9.03 Å². The Balaban J connectivity index is 1.83. The van der Waals surface area contributed by atoms with E-state index in [2.05, 4.69) is 4.72 Å². The van der Waals surface area contributed by atoms with Crippen molar-refractivity contribution in [2.24, 2.45) is 0 Å². The second-order valence-corrected chi connectivity index (χ2v) is 9.80. The van der Waals surface area contributed by atoms with Crippen LogP contribution in [0.2, 0.25) is 0 Å². The van der Waals surface area contributed by atoms with Crippen molar-refractivity contribution < 1.29 is 16.8 Å². The molecule has 0 aliphatic heterocycles. The van der Waals surface area contributed by atoms with Crippen molar-refractivity contribution in [3.63, 3.8) is 0 Å². The molecular weight excluding hydrogens is 360 g/mol. The van der Waals surface area contributed by atoms with Crippen LogP contribution in [0.3, 0.4) is 0 Å². The van der Waals surface area contributed by atoms with E-state index in [0.29, 0.717) is 11.4 Å². The number of rotatable bonds is 6. The van der Waals surface area contributed by atoms with Gasteiger partial charge < -0.3 is 0 Å². The van der Waals surface area contributed by atoms with E-state index in [1.165, 1.54) is 16.6 Å². The Labute approximate surface area is 148 Å². The normalized spacial score (nSPS) is 15.0. The molecule has 8 heteroatoms. The molecule has 0 saturated heterocycles. The Hall–Kier alpha value is -2.06. The highest BCUT2D eigenvalue weighted by Crippen LogP contribution is 2.34. The molecule has 1 N–H and O–H groups in total. The lowest BCUT2D eigenvalue weighted by molar-refractivity contribution is 0.595. The summed E-state index contributed by atoms with van der Waals surface area (Å²) in [5.41, 5.74) is 1.78. The molecular formula is C17H20N2O4S2. The van der Waals surface area contributed by atoms with Crippen molar-refractivity contribution >= 4 is 31.4 Å². The molecule has 0 heterocycles. The summed E-state index contributed by atoms with van der Waals surface area (Å²) in [6, 6.07) is 13.0. The molecule has 25 heavy (non-hydrogen) atoms. The Morgan fingerprint density at radius 1 is 1.00 bits per heavy atom. The number of hydrogen-bond acceptors (Lipinski definition) is 4. The molecule has 2 aromatic carbocycles. The molecule has 134 valence electrons. The fourth-order valence-electron chi connectivity index (χ4n) is 2.66. The lowest BCUT2D eigenvalue weighted by atomic mass is 10.2. The van der Waals surface area contributed by atoms with Crippen molar-refractivity contribution in [1.29, 1.82) is 0 Å². The van der Waals surface area contributed by atoms with Gasteiger partial charge in [-0.25, -0.2) is 16.8 Å². The van der Waals surface area contributed by atoms with Crippen LogP contribution in [0.5, 0.6) is 0 Å². The maximum absolute atomic E-state index is 12.4. The molecule has 0 spiro atoms. The summed E-state index contributed by atoms with van der Waals surface area (Å²) in [6.07, 6.45) is 2.86. The van der Waals surface area contributed by atoms with Gasteiger partial charge in [-0.2, -0.15) is 0 Å². The molecule has 0 unspecified atom stereocenters. The smallest absolute Gasteiger partial charge is 0.261 e. The monoisotopic (exact) mass is 380 g/mol. The van der Waals surface area contributed by atoms with Crippen LogP contribution in [0.25, 0.3) is 0 Å². The Bertz CT molecular complexity index is 980. The average Bonchev–Trinajstić information content (AvgIpc) is 3.32. The third-order valence-corrected chi connectivity index (χ3v) is 6.51. The molecule has 6 nitrogen and oxygen atoms in total. The van der Waals surface area contributed by atoms with E-state index in [-0.39, 0.29) is 10.9 Å². The van der Waals surface area contributed by atoms with Gasteiger partial charge in [0.1, 0.15) is 0 Å². The Kier molecular flexibility index (Phi) is 4.51. The van der Waals surface area contributed by atoms with Crippen LogP contribution < -0.4 is 9.03 Å². The number of anilines is 2. The molecule has 0 aromatic heterocycles. The van der Waals surface area contributed by atoms with Gasteiger partial charge >= 0.3 is 0 Å². The largest absolute Gasteiger partial charge is 0.280 e. The van der Waals surface area contributed by atoms with E-state index in [0.717, 1.165) is 18.4 Å². The quantitative estimate of drug-likeness (QED) is 0.835. The fourth-order valence-corrected chi connectivity index (χ4v) is 5.08. The minimum absolute atomic E-state index is 0.00448. The summed E-state index contributed by atoms with van der Waals surface area (Å²) in [5, 5.41) is 0. The highest BCUT2D eigenvalue weighted by atomic mass is 32.2. The second kappa shape index (κ2) is 6.34. The molecule has 2 aromatic rings. The van der Waals surface area contributed by atoms with E-state index in [9.17, 15) is 16.8 Å². The maximum atomic E-state index is 12.4. The van der Waals surface area contributed by atoms with E-state index >= 15 is 0 Å². The van der Waals surface area contributed by atoms with Gasteiger partial charge in [0.2, 0.25) is 10.0 Å². The Morgan fingerprint density at radius 2 is 1.64 bits per heavy atom. The molecule has 0 amide bonds. The molecule has 0 atom stereocenters.